The SMILES string of the molecule is CCOc1ccc2c(Cc3cc(OC)c(OC)c(OC)c3)cncc2c1OCC#N. The smallest absolute Gasteiger partial charge is 0.203 e. The van der Waals surface area contributed by atoms with Gasteiger partial charge in [0.05, 0.1) is 27.9 Å². The molecule has 0 atom stereocenters. The van der Waals surface area contributed by atoms with Crippen molar-refractivity contribution in [2.24, 2.45) is 0 Å². The van der Waals surface area contributed by atoms with E-state index < -0.39 is 0 Å². The van der Waals surface area contributed by atoms with Gasteiger partial charge in [-0.25, -0.2) is 0 Å². The third-order valence-electron chi connectivity index (χ3n) is 4.64. The Bertz CT molecular complexity index is 1050. The Hall–Kier alpha value is -3.66. The lowest BCUT2D eigenvalue weighted by Crippen LogP contribution is -2.02. The normalized spacial score (nSPS) is 10.4. The van der Waals surface area contributed by atoms with Gasteiger partial charge in [0.25, 0.3) is 0 Å². The van der Waals surface area contributed by atoms with Crippen LogP contribution in [0.15, 0.2) is 36.7 Å². The molecule has 0 spiro atoms. The van der Waals surface area contributed by atoms with Gasteiger partial charge < -0.3 is 23.7 Å². The molecule has 0 saturated heterocycles. The van der Waals surface area contributed by atoms with Crippen molar-refractivity contribution < 1.29 is 23.7 Å². The number of aromatic nitrogens is 1. The summed E-state index contributed by atoms with van der Waals surface area (Å²) in [7, 11) is 4.76. The molecule has 0 radical (unpaired) electrons. The molecule has 7 nitrogen and oxygen atoms in total. The number of fused-ring (bicyclic) bond motifs is 1. The fraction of sp³-hybridized carbons (Fsp3) is 0.304. The summed E-state index contributed by atoms with van der Waals surface area (Å²) in [6, 6.07) is 9.68. The number of hydrogen-bond acceptors (Lipinski definition) is 7. The largest absolute Gasteiger partial charge is 0.493 e. The van der Waals surface area contributed by atoms with Crippen LogP contribution in [0.2, 0.25) is 0 Å². The average molecular weight is 408 g/mol. The maximum Gasteiger partial charge on any atom is 0.203 e. The molecule has 0 unspecified atom stereocenters. The molecule has 0 bridgehead atoms. The molecule has 3 rings (SSSR count). The van der Waals surface area contributed by atoms with Crippen molar-refractivity contribution in [3.63, 3.8) is 0 Å². The molecule has 7 heteroatoms. The maximum absolute atomic E-state index is 8.95. The topological polar surface area (TPSA) is 82.8 Å². The number of pyridine rings is 1. The Balaban J connectivity index is 2.08. The number of ether oxygens (including phenoxy) is 5. The molecular formula is C23H24N2O5. The van der Waals surface area contributed by atoms with Crippen molar-refractivity contribution in [1.29, 1.82) is 5.26 Å². The summed E-state index contributed by atoms with van der Waals surface area (Å²) in [5.74, 6) is 2.85. The van der Waals surface area contributed by atoms with Crippen LogP contribution in [0.1, 0.15) is 18.1 Å². The predicted octanol–water partition coefficient (Wildman–Crippen LogP) is 4.15. The van der Waals surface area contributed by atoms with E-state index in [9.17, 15) is 0 Å². The van der Waals surface area contributed by atoms with E-state index in [1.54, 1.807) is 27.5 Å². The first kappa shape index (κ1) is 21.1. The molecule has 0 aliphatic rings. The summed E-state index contributed by atoms with van der Waals surface area (Å²) in [5.41, 5.74) is 1.97. The Morgan fingerprint density at radius 1 is 0.867 bits per heavy atom. The van der Waals surface area contributed by atoms with E-state index in [2.05, 4.69) is 4.98 Å². The van der Waals surface area contributed by atoms with Crippen LogP contribution in [-0.2, 0) is 6.42 Å². The van der Waals surface area contributed by atoms with Gasteiger partial charge in [0, 0.05) is 17.8 Å². The second-order valence-electron chi connectivity index (χ2n) is 6.38. The summed E-state index contributed by atoms with van der Waals surface area (Å²) in [6.45, 7) is 2.32. The highest BCUT2D eigenvalue weighted by atomic mass is 16.5. The third kappa shape index (κ3) is 4.18. The van der Waals surface area contributed by atoms with E-state index >= 15 is 0 Å². The van der Waals surface area contributed by atoms with Gasteiger partial charge in [0.2, 0.25) is 5.75 Å². The van der Waals surface area contributed by atoms with Gasteiger partial charge in [-0.1, -0.05) is 6.07 Å². The first-order valence-corrected chi connectivity index (χ1v) is 9.47. The number of hydrogen-bond donors (Lipinski definition) is 0. The molecule has 2 aromatic carbocycles. The lowest BCUT2D eigenvalue weighted by molar-refractivity contribution is 0.301. The van der Waals surface area contributed by atoms with Crippen molar-refractivity contribution in [2.45, 2.75) is 13.3 Å². The molecule has 0 aliphatic heterocycles. The standard InChI is InChI=1S/C23H24N2O5/c1-5-29-19-7-6-17-16(13-25-14-18(17)22(19)30-9-8-24)10-15-11-20(26-2)23(28-4)21(12-15)27-3/h6-7,11-14H,5,9-10H2,1-4H3. The van der Waals surface area contributed by atoms with Gasteiger partial charge in [-0.2, -0.15) is 5.26 Å². The van der Waals surface area contributed by atoms with Crippen LogP contribution >= 0.6 is 0 Å². The Morgan fingerprint density at radius 3 is 2.20 bits per heavy atom. The molecule has 0 fully saturated rings. The van der Waals surface area contributed by atoms with E-state index in [1.807, 2.05) is 43.5 Å². The van der Waals surface area contributed by atoms with E-state index in [-0.39, 0.29) is 6.61 Å². The van der Waals surface area contributed by atoms with Crippen LogP contribution in [-0.4, -0.2) is 39.5 Å². The zero-order chi connectivity index (χ0) is 21.5. The fourth-order valence-electron chi connectivity index (χ4n) is 3.38. The first-order valence-electron chi connectivity index (χ1n) is 9.47. The second kappa shape index (κ2) is 9.70. The second-order valence-corrected chi connectivity index (χ2v) is 6.38. The minimum Gasteiger partial charge on any atom is -0.493 e. The minimum absolute atomic E-state index is 0.0731. The zero-order valence-electron chi connectivity index (χ0n) is 17.5. The van der Waals surface area contributed by atoms with Crippen LogP contribution in [0.3, 0.4) is 0 Å². The summed E-state index contributed by atoms with van der Waals surface area (Å²) >= 11 is 0. The Labute approximate surface area is 175 Å². The third-order valence-corrected chi connectivity index (χ3v) is 4.64. The quantitative estimate of drug-likeness (QED) is 0.526. The monoisotopic (exact) mass is 408 g/mol. The van der Waals surface area contributed by atoms with Crippen LogP contribution in [0.4, 0.5) is 0 Å². The zero-order valence-corrected chi connectivity index (χ0v) is 17.5. The molecule has 0 N–H and O–H groups in total. The van der Waals surface area contributed by atoms with E-state index in [0.717, 1.165) is 21.9 Å². The lowest BCUT2D eigenvalue weighted by Gasteiger charge is -2.16. The minimum atomic E-state index is -0.0731. The van der Waals surface area contributed by atoms with Crippen molar-refractivity contribution in [2.75, 3.05) is 34.5 Å². The van der Waals surface area contributed by atoms with Crippen molar-refractivity contribution >= 4 is 10.8 Å². The summed E-state index contributed by atoms with van der Waals surface area (Å²) < 4.78 is 27.7. The lowest BCUT2D eigenvalue weighted by atomic mass is 9.99. The molecule has 3 aromatic rings. The van der Waals surface area contributed by atoms with Gasteiger partial charge in [0.15, 0.2) is 29.6 Å². The highest BCUT2D eigenvalue weighted by Crippen LogP contribution is 2.40. The molecule has 0 saturated carbocycles. The number of methoxy groups -OCH3 is 3. The molecule has 30 heavy (non-hydrogen) atoms. The maximum atomic E-state index is 8.95. The van der Waals surface area contributed by atoms with Crippen LogP contribution in [0.25, 0.3) is 10.8 Å². The Kier molecular flexibility index (Phi) is 6.81. The highest BCUT2D eigenvalue weighted by molar-refractivity contribution is 5.92. The predicted molar refractivity (Wildman–Crippen MR) is 113 cm³/mol. The molecular weight excluding hydrogens is 384 g/mol. The summed E-state index contributed by atoms with van der Waals surface area (Å²) in [6.07, 6.45) is 4.13. The van der Waals surface area contributed by atoms with E-state index in [4.69, 9.17) is 28.9 Å². The van der Waals surface area contributed by atoms with Gasteiger partial charge in [-0.15, -0.1) is 0 Å². The number of nitriles is 1. The number of nitrogens with zero attached hydrogens (tertiary/aromatic N) is 2. The summed E-state index contributed by atoms with van der Waals surface area (Å²) in [5, 5.41) is 10.7. The molecule has 1 heterocycles. The summed E-state index contributed by atoms with van der Waals surface area (Å²) in [4.78, 5) is 4.39. The number of benzene rings is 2. The van der Waals surface area contributed by atoms with Crippen molar-refractivity contribution in [3.8, 4) is 34.8 Å². The van der Waals surface area contributed by atoms with E-state index in [1.165, 1.54) is 0 Å². The highest BCUT2D eigenvalue weighted by Gasteiger charge is 2.16. The van der Waals surface area contributed by atoms with Crippen molar-refractivity contribution in [1.82, 2.24) is 4.98 Å². The van der Waals surface area contributed by atoms with Gasteiger partial charge in [0.1, 0.15) is 6.07 Å². The van der Waals surface area contributed by atoms with Gasteiger partial charge in [-0.3, -0.25) is 4.98 Å². The Morgan fingerprint density at radius 2 is 1.60 bits per heavy atom. The van der Waals surface area contributed by atoms with Crippen LogP contribution < -0.4 is 23.7 Å². The van der Waals surface area contributed by atoms with Crippen LogP contribution in [0, 0.1) is 11.3 Å². The molecule has 156 valence electrons. The van der Waals surface area contributed by atoms with E-state index in [0.29, 0.717) is 41.8 Å². The molecule has 0 aliphatic carbocycles. The van der Waals surface area contributed by atoms with Crippen LogP contribution in [0.5, 0.6) is 28.7 Å². The molecule has 0 amide bonds. The fourth-order valence-corrected chi connectivity index (χ4v) is 3.38. The number of rotatable bonds is 9. The van der Waals surface area contributed by atoms with Crippen molar-refractivity contribution in [3.05, 3.63) is 47.8 Å². The van der Waals surface area contributed by atoms with Gasteiger partial charge in [-0.05, 0) is 48.1 Å². The molecule has 1 aromatic heterocycles. The average Bonchev–Trinajstić information content (AvgIpc) is 2.77. The first-order chi connectivity index (χ1) is 14.7. The van der Waals surface area contributed by atoms with Gasteiger partial charge >= 0.3 is 0 Å².